The lowest BCUT2D eigenvalue weighted by atomic mass is 9.78. The number of carbonyl (C=O) groups excluding carboxylic acids is 1. The van der Waals surface area contributed by atoms with Crippen LogP contribution in [-0.2, 0) is 0 Å². The third-order valence-electron chi connectivity index (χ3n) is 5.82. The van der Waals surface area contributed by atoms with Crippen LogP contribution in [0.2, 0.25) is 0 Å². The van der Waals surface area contributed by atoms with E-state index in [1.165, 1.54) is 37.8 Å². The molecule has 1 aliphatic carbocycles. The lowest BCUT2D eigenvalue weighted by Gasteiger charge is -2.44. The third kappa shape index (κ3) is 2.96. The van der Waals surface area contributed by atoms with E-state index in [-0.39, 0.29) is 11.7 Å². The van der Waals surface area contributed by atoms with Crippen molar-refractivity contribution in [3.8, 4) is 5.69 Å². The summed E-state index contributed by atoms with van der Waals surface area (Å²) in [5.41, 5.74) is 2.25. The second-order valence-corrected chi connectivity index (χ2v) is 7.28. The highest BCUT2D eigenvalue weighted by Gasteiger charge is 2.36. The Balaban J connectivity index is 1.61. The van der Waals surface area contributed by atoms with E-state index >= 15 is 0 Å². The summed E-state index contributed by atoms with van der Waals surface area (Å²) in [5.74, 6) is 0.489. The molecule has 1 aromatic heterocycles. The lowest BCUT2D eigenvalue weighted by molar-refractivity contribution is 0.0390. The van der Waals surface area contributed by atoms with Gasteiger partial charge in [-0.3, -0.25) is 4.79 Å². The molecular weight excluding hydrogens is 317 g/mol. The molecule has 0 bridgehead atoms. The second kappa shape index (κ2) is 6.62. The molecule has 4 nitrogen and oxygen atoms in total. The van der Waals surface area contributed by atoms with E-state index in [2.05, 4.69) is 10.00 Å². The molecule has 2 heterocycles. The van der Waals surface area contributed by atoms with Gasteiger partial charge in [0, 0.05) is 12.6 Å². The summed E-state index contributed by atoms with van der Waals surface area (Å²) in [6.07, 6.45) is 8.90. The standard InChI is InChI=1S/C20H24FN3O/c1-14-18(13-22-24(14)17-10-8-16(21)9-11-17)20(25)23-12-4-6-15-5-2-3-7-19(15)23/h8-11,13,15,19H,2-7,12H2,1H3. The van der Waals surface area contributed by atoms with E-state index in [1.807, 2.05) is 6.92 Å². The monoisotopic (exact) mass is 341 g/mol. The number of fused-ring (bicyclic) bond motifs is 1. The van der Waals surface area contributed by atoms with Gasteiger partial charge >= 0.3 is 0 Å². The van der Waals surface area contributed by atoms with Crippen molar-refractivity contribution in [2.45, 2.75) is 51.5 Å². The summed E-state index contributed by atoms with van der Waals surface area (Å²) < 4.78 is 14.9. The topological polar surface area (TPSA) is 38.1 Å². The number of likely N-dealkylation sites (tertiary alicyclic amines) is 1. The largest absolute Gasteiger partial charge is 0.335 e. The first-order valence-corrected chi connectivity index (χ1v) is 9.26. The quantitative estimate of drug-likeness (QED) is 0.824. The van der Waals surface area contributed by atoms with Crippen LogP contribution in [-0.4, -0.2) is 33.2 Å². The minimum Gasteiger partial charge on any atom is -0.335 e. The molecule has 1 aromatic carbocycles. The molecule has 25 heavy (non-hydrogen) atoms. The van der Waals surface area contributed by atoms with Gasteiger partial charge in [0.1, 0.15) is 5.82 Å². The number of halogens is 1. The zero-order valence-electron chi connectivity index (χ0n) is 14.6. The molecule has 2 aliphatic rings. The SMILES string of the molecule is Cc1c(C(=O)N2CCCC3CCCCC32)cnn1-c1ccc(F)cc1. The maximum atomic E-state index is 13.2. The fraction of sp³-hybridized carbons (Fsp3) is 0.500. The van der Waals surface area contributed by atoms with Crippen molar-refractivity contribution in [1.29, 1.82) is 0 Å². The zero-order chi connectivity index (χ0) is 17.4. The van der Waals surface area contributed by atoms with Gasteiger partial charge in [-0.25, -0.2) is 9.07 Å². The number of rotatable bonds is 2. The molecule has 0 radical (unpaired) electrons. The number of nitrogens with zero attached hydrogens (tertiary/aromatic N) is 3. The molecule has 5 heteroatoms. The molecule has 132 valence electrons. The first-order chi connectivity index (χ1) is 12.1. The Morgan fingerprint density at radius 2 is 1.84 bits per heavy atom. The van der Waals surface area contributed by atoms with Gasteiger partial charge in [0.05, 0.1) is 23.1 Å². The van der Waals surface area contributed by atoms with Crippen molar-refractivity contribution >= 4 is 5.91 Å². The first kappa shape index (κ1) is 16.3. The van der Waals surface area contributed by atoms with E-state index in [1.54, 1.807) is 23.0 Å². The van der Waals surface area contributed by atoms with Gasteiger partial charge in [-0.2, -0.15) is 5.10 Å². The average molecular weight is 341 g/mol. The van der Waals surface area contributed by atoms with Crippen LogP contribution >= 0.6 is 0 Å². The Hall–Kier alpha value is -2.17. The number of benzene rings is 1. The highest BCUT2D eigenvalue weighted by atomic mass is 19.1. The number of carbonyl (C=O) groups is 1. The summed E-state index contributed by atoms with van der Waals surface area (Å²) in [4.78, 5) is 15.3. The van der Waals surface area contributed by atoms with E-state index < -0.39 is 0 Å². The second-order valence-electron chi connectivity index (χ2n) is 7.28. The Labute approximate surface area is 147 Å². The van der Waals surface area contributed by atoms with Gasteiger partial charge < -0.3 is 4.90 Å². The first-order valence-electron chi connectivity index (χ1n) is 9.26. The zero-order valence-corrected chi connectivity index (χ0v) is 14.6. The lowest BCUT2D eigenvalue weighted by Crippen LogP contribution is -2.49. The summed E-state index contributed by atoms with van der Waals surface area (Å²) in [6, 6.07) is 6.58. The molecule has 2 unspecified atom stereocenters. The third-order valence-corrected chi connectivity index (χ3v) is 5.82. The van der Waals surface area contributed by atoms with Crippen LogP contribution in [0.15, 0.2) is 30.5 Å². The molecule has 1 saturated carbocycles. The maximum absolute atomic E-state index is 13.2. The molecule has 0 spiro atoms. The number of aromatic nitrogens is 2. The molecule has 1 saturated heterocycles. The molecule has 0 N–H and O–H groups in total. The summed E-state index contributed by atoms with van der Waals surface area (Å²) in [5, 5.41) is 4.38. The predicted molar refractivity (Wildman–Crippen MR) is 94.3 cm³/mol. The molecule has 2 aromatic rings. The van der Waals surface area contributed by atoms with Gasteiger partial charge in [0.25, 0.3) is 5.91 Å². The van der Waals surface area contributed by atoms with Crippen LogP contribution in [0.1, 0.15) is 54.6 Å². The Morgan fingerprint density at radius 1 is 1.12 bits per heavy atom. The van der Waals surface area contributed by atoms with E-state index in [9.17, 15) is 9.18 Å². The molecule has 1 amide bonds. The Bertz CT molecular complexity index is 766. The summed E-state index contributed by atoms with van der Waals surface area (Å²) in [6.45, 7) is 2.76. The van der Waals surface area contributed by atoms with Crippen molar-refractivity contribution in [2.24, 2.45) is 5.92 Å². The fourth-order valence-electron chi connectivity index (χ4n) is 4.49. The molecule has 4 rings (SSSR count). The minimum absolute atomic E-state index is 0.0995. The van der Waals surface area contributed by atoms with Gasteiger partial charge in [-0.15, -0.1) is 0 Å². The Kier molecular flexibility index (Phi) is 4.32. The number of hydrogen-bond acceptors (Lipinski definition) is 2. The van der Waals surface area contributed by atoms with Crippen LogP contribution in [0.3, 0.4) is 0 Å². The van der Waals surface area contributed by atoms with E-state index in [0.29, 0.717) is 17.5 Å². The smallest absolute Gasteiger partial charge is 0.257 e. The number of amides is 1. The fourth-order valence-corrected chi connectivity index (χ4v) is 4.49. The van der Waals surface area contributed by atoms with Crippen molar-refractivity contribution in [3.05, 3.63) is 47.5 Å². The van der Waals surface area contributed by atoms with Gasteiger partial charge in [0.2, 0.25) is 0 Å². The van der Waals surface area contributed by atoms with E-state index in [0.717, 1.165) is 30.8 Å². The van der Waals surface area contributed by atoms with Gasteiger partial charge in [-0.05, 0) is 62.8 Å². The van der Waals surface area contributed by atoms with Crippen LogP contribution in [0.5, 0.6) is 0 Å². The van der Waals surface area contributed by atoms with Crippen molar-refractivity contribution < 1.29 is 9.18 Å². The normalized spacial score (nSPS) is 23.4. The van der Waals surface area contributed by atoms with Crippen LogP contribution in [0, 0.1) is 18.7 Å². The maximum Gasteiger partial charge on any atom is 0.257 e. The summed E-state index contributed by atoms with van der Waals surface area (Å²) in [7, 11) is 0. The molecule has 1 aliphatic heterocycles. The van der Waals surface area contributed by atoms with Crippen LogP contribution in [0.4, 0.5) is 4.39 Å². The van der Waals surface area contributed by atoms with Crippen molar-refractivity contribution in [2.75, 3.05) is 6.54 Å². The molecule has 2 fully saturated rings. The van der Waals surface area contributed by atoms with Crippen molar-refractivity contribution in [1.82, 2.24) is 14.7 Å². The average Bonchev–Trinajstić information content (AvgIpc) is 3.03. The number of piperidine rings is 1. The Morgan fingerprint density at radius 3 is 2.64 bits per heavy atom. The van der Waals surface area contributed by atoms with E-state index in [4.69, 9.17) is 0 Å². The molecule has 2 atom stereocenters. The molecular formula is C20H24FN3O. The van der Waals surface area contributed by atoms with Gasteiger partial charge in [0.15, 0.2) is 0 Å². The predicted octanol–water partition coefficient (Wildman–Crippen LogP) is 4.11. The van der Waals surface area contributed by atoms with Crippen LogP contribution < -0.4 is 0 Å². The summed E-state index contributed by atoms with van der Waals surface area (Å²) >= 11 is 0. The van der Waals surface area contributed by atoms with Crippen LogP contribution in [0.25, 0.3) is 5.69 Å². The highest BCUT2D eigenvalue weighted by molar-refractivity contribution is 5.95. The number of hydrogen-bond donors (Lipinski definition) is 0. The highest BCUT2D eigenvalue weighted by Crippen LogP contribution is 2.36. The van der Waals surface area contributed by atoms with Crippen molar-refractivity contribution in [3.63, 3.8) is 0 Å². The minimum atomic E-state index is -0.276. The van der Waals surface area contributed by atoms with Gasteiger partial charge in [-0.1, -0.05) is 12.8 Å².